The number of nitrogens with two attached hydrogens (primary N) is 1. The summed E-state index contributed by atoms with van der Waals surface area (Å²) in [4.78, 5) is 0. The van der Waals surface area contributed by atoms with Crippen LogP contribution in [0.3, 0.4) is 0 Å². The molecule has 0 atom stereocenters. The molecule has 0 radical (unpaired) electrons. The van der Waals surface area contributed by atoms with E-state index in [1.807, 2.05) is 0 Å². The van der Waals surface area contributed by atoms with Gasteiger partial charge in [-0.3, -0.25) is 4.57 Å². The third-order valence-electron chi connectivity index (χ3n) is 2.01. The molecule has 0 unspecified atom stereocenters. The van der Waals surface area contributed by atoms with Gasteiger partial charge < -0.3 is 20.1 Å². The monoisotopic (exact) mass is 208 g/mol. The van der Waals surface area contributed by atoms with Gasteiger partial charge in [0.05, 0.1) is 13.2 Å². The van der Waals surface area contributed by atoms with Crippen LogP contribution in [0.25, 0.3) is 0 Å². The highest BCUT2D eigenvalue weighted by Gasteiger charge is 2.52. The fourth-order valence-corrected chi connectivity index (χ4v) is 3.09. The van der Waals surface area contributed by atoms with E-state index in [1.165, 1.54) is 0 Å². The topological polar surface area (TPSA) is 73.6 Å². The molecular formula is C7H17N2O3P. The summed E-state index contributed by atoms with van der Waals surface area (Å²) in [7, 11) is -3.12. The maximum absolute atomic E-state index is 12.1. The van der Waals surface area contributed by atoms with Gasteiger partial charge in [0.25, 0.3) is 0 Å². The standard InChI is InChI=1S/C7H17N2O3P/c1-3-11-13(10,12-4-2)7(8)5-9-6-7/h9H,3-6,8H2,1-2H3. The second kappa shape index (κ2) is 4.07. The van der Waals surface area contributed by atoms with Crippen molar-refractivity contribution in [3.05, 3.63) is 0 Å². The van der Waals surface area contributed by atoms with Gasteiger partial charge in [0.1, 0.15) is 5.28 Å². The molecule has 6 heteroatoms. The molecule has 13 heavy (non-hydrogen) atoms. The average molecular weight is 208 g/mol. The Kier molecular flexibility index (Phi) is 3.49. The lowest BCUT2D eigenvalue weighted by atomic mass is 10.2. The Morgan fingerprint density at radius 2 is 1.85 bits per heavy atom. The van der Waals surface area contributed by atoms with Crippen LogP contribution in [0.4, 0.5) is 0 Å². The van der Waals surface area contributed by atoms with Crippen molar-refractivity contribution in [2.75, 3.05) is 26.3 Å². The van der Waals surface area contributed by atoms with E-state index >= 15 is 0 Å². The molecule has 0 spiro atoms. The van der Waals surface area contributed by atoms with Gasteiger partial charge in [-0.2, -0.15) is 0 Å². The first-order valence-electron chi connectivity index (χ1n) is 4.47. The summed E-state index contributed by atoms with van der Waals surface area (Å²) in [6, 6.07) is 0. The van der Waals surface area contributed by atoms with Crippen molar-refractivity contribution >= 4 is 7.60 Å². The molecule has 0 aliphatic carbocycles. The Hall–Kier alpha value is 0.0700. The van der Waals surface area contributed by atoms with Gasteiger partial charge in [0.15, 0.2) is 0 Å². The molecule has 1 saturated heterocycles. The molecule has 0 amide bonds. The Bertz CT molecular complexity index is 208. The molecule has 0 aromatic rings. The Morgan fingerprint density at radius 1 is 1.38 bits per heavy atom. The van der Waals surface area contributed by atoms with Gasteiger partial charge in [0, 0.05) is 13.1 Å². The van der Waals surface area contributed by atoms with Crippen LogP contribution in [0.2, 0.25) is 0 Å². The van der Waals surface area contributed by atoms with E-state index in [0.29, 0.717) is 26.3 Å². The zero-order valence-corrected chi connectivity index (χ0v) is 8.97. The third kappa shape index (κ3) is 1.95. The zero-order chi connectivity index (χ0) is 9.95. The summed E-state index contributed by atoms with van der Waals surface area (Å²) in [5, 5.41) is 2.15. The van der Waals surface area contributed by atoms with Crippen molar-refractivity contribution in [1.29, 1.82) is 0 Å². The second-order valence-electron chi connectivity index (χ2n) is 3.04. The normalized spacial score (nSPS) is 21.2. The van der Waals surface area contributed by atoms with Crippen molar-refractivity contribution in [2.45, 2.75) is 19.1 Å². The van der Waals surface area contributed by atoms with Gasteiger partial charge in [-0.15, -0.1) is 0 Å². The van der Waals surface area contributed by atoms with E-state index < -0.39 is 12.9 Å². The summed E-state index contributed by atoms with van der Waals surface area (Å²) >= 11 is 0. The first kappa shape index (κ1) is 11.1. The van der Waals surface area contributed by atoms with E-state index in [9.17, 15) is 4.57 Å². The quantitative estimate of drug-likeness (QED) is 0.644. The molecule has 78 valence electrons. The second-order valence-corrected chi connectivity index (χ2v) is 5.44. The molecule has 1 aliphatic heterocycles. The van der Waals surface area contributed by atoms with E-state index in [0.717, 1.165) is 0 Å². The lowest BCUT2D eigenvalue weighted by molar-refractivity contribution is 0.178. The summed E-state index contributed by atoms with van der Waals surface area (Å²) in [6.07, 6.45) is 0. The minimum absolute atomic E-state index is 0.357. The molecule has 5 nitrogen and oxygen atoms in total. The lowest BCUT2D eigenvalue weighted by Gasteiger charge is -2.42. The highest BCUT2D eigenvalue weighted by atomic mass is 31.2. The number of nitrogens with one attached hydrogen (secondary N) is 1. The van der Waals surface area contributed by atoms with Crippen LogP contribution < -0.4 is 11.1 Å². The Morgan fingerprint density at radius 3 is 2.08 bits per heavy atom. The predicted octanol–water partition coefficient (Wildman–Crippen LogP) is 0.511. The van der Waals surface area contributed by atoms with Crippen LogP contribution in [0, 0.1) is 0 Å². The van der Waals surface area contributed by atoms with Crippen molar-refractivity contribution in [1.82, 2.24) is 5.32 Å². The SMILES string of the molecule is CCOP(=O)(OCC)C1(N)CNC1. The molecule has 0 saturated carbocycles. The molecule has 3 N–H and O–H groups in total. The first-order chi connectivity index (χ1) is 6.08. The fourth-order valence-electron chi connectivity index (χ4n) is 1.21. The van der Waals surface area contributed by atoms with E-state index in [2.05, 4.69) is 5.32 Å². The fraction of sp³-hybridized carbons (Fsp3) is 1.00. The van der Waals surface area contributed by atoms with Crippen LogP contribution in [-0.2, 0) is 13.6 Å². The van der Waals surface area contributed by atoms with Crippen molar-refractivity contribution in [2.24, 2.45) is 5.73 Å². The van der Waals surface area contributed by atoms with Gasteiger partial charge in [0.2, 0.25) is 0 Å². The predicted molar refractivity (Wildman–Crippen MR) is 50.6 cm³/mol. The van der Waals surface area contributed by atoms with Crippen molar-refractivity contribution < 1.29 is 13.6 Å². The molecule has 0 aromatic heterocycles. The van der Waals surface area contributed by atoms with Gasteiger partial charge in [-0.05, 0) is 13.8 Å². The summed E-state index contributed by atoms with van der Waals surface area (Å²) in [6.45, 7) is 5.25. The van der Waals surface area contributed by atoms with Gasteiger partial charge in [-0.25, -0.2) is 0 Å². The van der Waals surface area contributed by atoms with Crippen LogP contribution in [0.15, 0.2) is 0 Å². The van der Waals surface area contributed by atoms with E-state index in [4.69, 9.17) is 14.8 Å². The minimum atomic E-state index is -3.12. The highest BCUT2D eigenvalue weighted by molar-refractivity contribution is 7.55. The summed E-state index contributed by atoms with van der Waals surface area (Å²) in [5.41, 5.74) is 5.88. The maximum Gasteiger partial charge on any atom is 0.352 e. The van der Waals surface area contributed by atoms with Crippen molar-refractivity contribution in [3.8, 4) is 0 Å². The zero-order valence-electron chi connectivity index (χ0n) is 8.08. The molecule has 1 aliphatic rings. The molecule has 0 aromatic carbocycles. The molecular weight excluding hydrogens is 191 g/mol. The lowest BCUT2D eigenvalue weighted by Crippen LogP contribution is -2.65. The minimum Gasteiger partial charge on any atom is -0.313 e. The third-order valence-corrected chi connectivity index (χ3v) is 4.61. The summed E-state index contributed by atoms with van der Waals surface area (Å²) < 4.78 is 22.4. The van der Waals surface area contributed by atoms with E-state index in [1.54, 1.807) is 13.8 Å². The van der Waals surface area contributed by atoms with Crippen LogP contribution in [0.1, 0.15) is 13.8 Å². The smallest absolute Gasteiger partial charge is 0.313 e. The first-order valence-corrected chi connectivity index (χ1v) is 6.01. The van der Waals surface area contributed by atoms with Crippen LogP contribution >= 0.6 is 7.60 Å². The Balaban J connectivity index is 2.71. The summed E-state index contributed by atoms with van der Waals surface area (Å²) in [5.74, 6) is 0. The maximum atomic E-state index is 12.1. The molecule has 1 heterocycles. The number of hydrogen-bond acceptors (Lipinski definition) is 5. The molecule has 0 bridgehead atoms. The highest BCUT2D eigenvalue weighted by Crippen LogP contribution is 2.58. The van der Waals surface area contributed by atoms with E-state index in [-0.39, 0.29) is 0 Å². The van der Waals surface area contributed by atoms with Crippen LogP contribution in [0.5, 0.6) is 0 Å². The van der Waals surface area contributed by atoms with Gasteiger partial charge >= 0.3 is 7.60 Å². The van der Waals surface area contributed by atoms with Crippen molar-refractivity contribution in [3.63, 3.8) is 0 Å². The molecule has 1 rings (SSSR count). The average Bonchev–Trinajstić information content (AvgIpc) is 2.01. The Labute approximate surface area is 78.5 Å². The number of hydrogen-bond donors (Lipinski definition) is 2. The van der Waals surface area contributed by atoms with Gasteiger partial charge in [-0.1, -0.05) is 0 Å². The molecule has 1 fully saturated rings. The number of rotatable bonds is 5. The van der Waals surface area contributed by atoms with Crippen LogP contribution in [-0.4, -0.2) is 31.6 Å². The largest absolute Gasteiger partial charge is 0.352 e.